The molecule has 118 valence electrons. The van der Waals surface area contributed by atoms with Gasteiger partial charge in [0.1, 0.15) is 0 Å². The van der Waals surface area contributed by atoms with E-state index in [4.69, 9.17) is 15.0 Å². The first-order chi connectivity index (χ1) is 11.2. The van der Waals surface area contributed by atoms with Crippen LogP contribution < -0.4 is 5.84 Å². The molecular weight excluding hydrogens is 316 g/mol. The van der Waals surface area contributed by atoms with Crippen molar-refractivity contribution in [3.05, 3.63) is 53.8 Å². The number of hydrogen-bond acceptors (Lipinski definition) is 7. The van der Waals surface area contributed by atoms with Crippen molar-refractivity contribution in [1.29, 1.82) is 0 Å². The van der Waals surface area contributed by atoms with Crippen LogP contribution in [-0.2, 0) is 10.5 Å². The monoisotopic (exact) mass is 330 g/mol. The number of nitrogens with two attached hydrogens (primary N) is 1. The number of rotatable bonds is 5. The molecule has 2 heterocycles. The van der Waals surface area contributed by atoms with Crippen molar-refractivity contribution in [2.75, 3.05) is 13.0 Å². The molecule has 0 radical (unpaired) electrons. The summed E-state index contributed by atoms with van der Waals surface area (Å²) in [7, 11) is 1.36. The highest BCUT2D eigenvalue weighted by molar-refractivity contribution is 7.98. The molecule has 0 aliphatic carbocycles. The first-order valence-corrected chi connectivity index (χ1v) is 7.72. The van der Waals surface area contributed by atoms with Crippen molar-refractivity contribution in [2.24, 2.45) is 0 Å². The van der Waals surface area contributed by atoms with Crippen molar-refractivity contribution >= 4 is 17.7 Å². The van der Waals surface area contributed by atoms with Crippen molar-refractivity contribution < 1.29 is 13.9 Å². The van der Waals surface area contributed by atoms with Crippen LogP contribution in [-0.4, -0.2) is 28.0 Å². The minimum atomic E-state index is -0.362. The van der Waals surface area contributed by atoms with Gasteiger partial charge in [0.25, 0.3) is 0 Å². The fourth-order valence-electron chi connectivity index (χ4n) is 2.00. The molecule has 0 atom stereocenters. The van der Waals surface area contributed by atoms with Crippen LogP contribution in [0.5, 0.6) is 0 Å². The summed E-state index contributed by atoms with van der Waals surface area (Å²) in [6.45, 7) is 0. The molecule has 0 amide bonds. The highest BCUT2D eigenvalue weighted by Crippen LogP contribution is 2.24. The summed E-state index contributed by atoms with van der Waals surface area (Å²) in [6.07, 6.45) is 1.55. The van der Waals surface area contributed by atoms with E-state index in [2.05, 4.69) is 10.2 Å². The van der Waals surface area contributed by atoms with Gasteiger partial charge in [-0.3, -0.25) is 0 Å². The zero-order valence-electron chi connectivity index (χ0n) is 12.3. The smallest absolute Gasteiger partial charge is 0.337 e. The maximum absolute atomic E-state index is 11.5. The molecule has 8 heteroatoms. The molecule has 0 aliphatic heterocycles. The largest absolute Gasteiger partial charge is 0.465 e. The fourth-order valence-corrected chi connectivity index (χ4v) is 2.80. The number of hydrogen-bond donors (Lipinski definition) is 1. The second-order valence-electron chi connectivity index (χ2n) is 4.63. The van der Waals surface area contributed by atoms with Gasteiger partial charge in [-0.25, -0.2) is 9.47 Å². The predicted molar refractivity (Wildman–Crippen MR) is 85.2 cm³/mol. The number of esters is 1. The molecule has 0 saturated heterocycles. The molecule has 2 N–H and O–H groups in total. The third-order valence-corrected chi connectivity index (χ3v) is 4.14. The third kappa shape index (κ3) is 3.21. The van der Waals surface area contributed by atoms with E-state index in [0.717, 1.165) is 5.56 Å². The van der Waals surface area contributed by atoms with Gasteiger partial charge in [0, 0.05) is 5.75 Å². The number of carbonyl (C=O) groups is 1. The Morgan fingerprint density at radius 1 is 1.35 bits per heavy atom. The van der Waals surface area contributed by atoms with Crippen LogP contribution in [0.3, 0.4) is 0 Å². The van der Waals surface area contributed by atoms with Gasteiger partial charge in [0.15, 0.2) is 5.76 Å². The maximum Gasteiger partial charge on any atom is 0.337 e. The zero-order valence-corrected chi connectivity index (χ0v) is 13.1. The number of methoxy groups -OCH3 is 1. The van der Waals surface area contributed by atoms with Crippen LogP contribution in [0.2, 0.25) is 0 Å². The van der Waals surface area contributed by atoms with E-state index in [1.807, 2.05) is 12.1 Å². The first-order valence-electron chi connectivity index (χ1n) is 6.73. The molecule has 7 nitrogen and oxygen atoms in total. The summed E-state index contributed by atoms with van der Waals surface area (Å²) in [5.41, 5.74) is 1.47. The van der Waals surface area contributed by atoms with Gasteiger partial charge in [0.05, 0.1) is 18.9 Å². The van der Waals surface area contributed by atoms with E-state index >= 15 is 0 Å². The number of ether oxygens (including phenoxy) is 1. The number of furan rings is 1. The molecule has 23 heavy (non-hydrogen) atoms. The first kappa shape index (κ1) is 15.2. The Morgan fingerprint density at radius 3 is 2.96 bits per heavy atom. The number of nitrogens with zero attached hydrogens (tertiary/aromatic N) is 3. The van der Waals surface area contributed by atoms with E-state index in [9.17, 15) is 4.79 Å². The topological polar surface area (TPSA) is 96.2 Å². The molecule has 2 aromatic heterocycles. The number of benzene rings is 1. The van der Waals surface area contributed by atoms with E-state index in [-0.39, 0.29) is 5.97 Å². The molecule has 3 rings (SSSR count). The van der Waals surface area contributed by atoms with Gasteiger partial charge >= 0.3 is 5.97 Å². The second-order valence-corrected chi connectivity index (χ2v) is 5.58. The average molecular weight is 330 g/mol. The van der Waals surface area contributed by atoms with E-state index < -0.39 is 0 Å². The summed E-state index contributed by atoms with van der Waals surface area (Å²) in [5, 5.41) is 8.64. The van der Waals surface area contributed by atoms with Crippen molar-refractivity contribution in [2.45, 2.75) is 10.9 Å². The number of aromatic nitrogens is 3. The van der Waals surface area contributed by atoms with Gasteiger partial charge in [-0.2, -0.15) is 0 Å². The van der Waals surface area contributed by atoms with Crippen molar-refractivity contribution in [3.63, 3.8) is 0 Å². The Labute approximate surface area is 136 Å². The Hall–Kier alpha value is -2.74. The molecule has 0 saturated carbocycles. The van der Waals surface area contributed by atoms with E-state index in [0.29, 0.717) is 28.1 Å². The lowest BCUT2D eigenvalue weighted by Crippen LogP contribution is -2.11. The quantitative estimate of drug-likeness (QED) is 0.435. The molecular formula is C15H14N4O3S. The molecule has 3 aromatic rings. The lowest BCUT2D eigenvalue weighted by Gasteiger charge is -2.04. The minimum absolute atomic E-state index is 0.362. The Kier molecular flexibility index (Phi) is 4.33. The lowest BCUT2D eigenvalue weighted by atomic mass is 10.1. The van der Waals surface area contributed by atoms with Crippen molar-refractivity contribution in [1.82, 2.24) is 14.9 Å². The predicted octanol–water partition coefficient (Wildman–Crippen LogP) is 2.33. The van der Waals surface area contributed by atoms with Crippen LogP contribution in [0.4, 0.5) is 0 Å². The third-order valence-electron chi connectivity index (χ3n) is 3.12. The molecule has 0 unspecified atom stereocenters. The van der Waals surface area contributed by atoms with Gasteiger partial charge in [-0.1, -0.05) is 23.9 Å². The van der Waals surface area contributed by atoms with Crippen LogP contribution >= 0.6 is 11.8 Å². The van der Waals surface area contributed by atoms with E-state index in [1.165, 1.54) is 23.5 Å². The normalized spacial score (nSPS) is 10.7. The summed E-state index contributed by atoms with van der Waals surface area (Å²) in [4.78, 5) is 11.5. The Bertz CT molecular complexity index is 814. The highest BCUT2D eigenvalue weighted by atomic mass is 32.2. The summed E-state index contributed by atoms with van der Waals surface area (Å²) < 4.78 is 11.4. The van der Waals surface area contributed by atoms with Gasteiger partial charge in [0.2, 0.25) is 11.0 Å². The summed E-state index contributed by atoms with van der Waals surface area (Å²) >= 11 is 1.42. The van der Waals surface area contributed by atoms with Crippen molar-refractivity contribution in [3.8, 4) is 11.6 Å². The highest BCUT2D eigenvalue weighted by Gasteiger charge is 2.14. The number of nitrogen functional groups attached to an aromatic ring is 1. The van der Waals surface area contributed by atoms with Crippen LogP contribution in [0.15, 0.2) is 52.2 Å². The standard InChI is InChI=1S/C15H14N4O3S/c1-21-14(20)11-5-2-4-10(8-11)9-23-15-18-17-13(19(15)16)12-6-3-7-22-12/h2-8H,9,16H2,1H3. The maximum atomic E-state index is 11.5. The van der Waals surface area contributed by atoms with Gasteiger partial charge in [-0.05, 0) is 29.8 Å². The minimum Gasteiger partial charge on any atom is -0.465 e. The lowest BCUT2D eigenvalue weighted by molar-refractivity contribution is 0.0600. The van der Waals surface area contributed by atoms with Gasteiger partial charge < -0.3 is 15.0 Å². The molecule has 0 spiro atoms. The Balaban J connectivity index is 1.73. The van der Waals surface area contributed by atoms with Crippen LogP contribution in [0, 0.1) is 0 Å². The summed E-state index contributed by atoms with van der Waals surface area (Å²) in [5.74, 6) is 7.24. The molecule has 1 aromatic carbocycles. The van der Waals surface area contributed by atoms with Gasteiger partial charge in [-0.15, -0.1) is 10.2 Å². The molecule has 0 fully saturated rings. The van der Waals surface area contributed by atoms with Crippen LogP contribution in [0.1, 0.15) is 15.9 Å². The second kappa shape index (κ2) is 6.57. The molecule has 0 aliphatic rings. The fraction of sp³-hybridized carbons (Fsp3) is 0.133. The Morgan fingerprint density at radius 2 is 2.22 bits per heavy atom. The molecule has 0 bridgehead atoms. The van der Waals surface area contributed by atoms with E-state index in [1.54, 1.807) is 30.5 Å². The average Bonchev–Trinajstić information content (AvgIpc) is 3.22. The SMILES string of the molecule is COC(=O)c1cccc(CSc2nnc(-c3ccco3)n2N)c1. The number of thioether (sulfide) groups is 1. The van der Waals surface area contributed by atoms with Crippen LogP contribution in [0.25, 0.3) is 11.6 Å². The summed E-state index contributed by atoms with van der Waals surface area (Å²) in [6, 6.07) is 10.7. The zero-order chi connectivity index (χ0) is 16.2. The number of carbonyl (C=O) groups excluding carboxylic acids is 1.